The lowest BCUT2D eigenvalue weighted by molar-refractivity contribution is 0.105. The molecule has 3 nitrogen and oxygen atoms in total. The van der Waals surface area contributed by atoms with Crippen LogP contribution in [0.3, 0.4) is 0 Å². The summed E-state index contributed by atoms with van der Waals surface area (Å²) in [6, 6.07) is 8.15. The van der Waals surface area contributed by atoms with Gasteiger partial charge in [-0.25, -0.2) is 0 Å². The van der Waals surface area contributed by atoms with Gasteiger partial charge in [0.05, 0.1) is 13.2 Å². The molecule has 0 unspecified atom stereocenters. The van der Waals surface area contributed by atoms with Crippen molar-refractivity contribution in [2.75, 3.05) is 19.4 Å². The van der Waals surface area contributed by atoms with Crippen LogP contribution in [0.5, 0.6) is 0 Å². The zero-order chi connectivity index (χ0) is 10.4. The molecule has 0 heterocycles. The van der Waals surface area contributed by atoms with Crippen LogP contribution in [0.15, 0.2) is 24.3 Å². The molecule has 14 heavy (non-hydrogen) atoms. The summed E-state index contributed by atoms with van der Waals surface area (Å²) in [6.45, 7) is 3.42. The fraction of sp³-hybridized carbons (Fsp3) is 0.455. The average molecular weight is 194 g/mol. The molecule has 3 N–H and O–H groups in total. The lowest BCUT2D eigenvalue weighted by Crippen LogP contribution is -2.26. The van der Waals surface area contributed by atoms with Crippen LogP contribution in [0.2, 0.25) is 0 Å². The average Bonchev–Trinajstić information content (AvgIpc) is 2.17. The van der Waals surface area contributed by atoms with Crippen molar-refractivity contribution in [3.8, 4) is 0 Å². The molecule has 1 aromatic rings. The first-order valence-corrected chi connectivity index (χ1v) is 4.82. The number of nitrogens with two attached hydrogens (primary N) is 1. The second-order valence-corrected chi connectivity index (χ2v) is 3.45. The van der Waals surface area contributed by atoms with Crippen LogP contribution in [-0.2, 0) is 11.3 Å². The summed E-state index contributed by atoms with van der Waals surface area (Å²) in [4.78, 5) is 0. The van der Waals surface area contributed by atoms with Crippen molar-refractivity contribution in [2.45, 2.75) is 19.6 Å². The molecule has 1 aromatic carbocycles. The Hall–Kier alpha value is -1.06. The minimum atomic E-state index is 0.385. The highest BCUT2D eigenvalue weighted by Crippen LogP contribution is 2.07. The van der Waals surface area contributed by atoms with E-state index in [2.05, 4.69) is 12.2 Å². The maximum Gasteiger partial charge on any atom is 0.0718 e. The number of likely N-dealkylation sites (N-methyl/N-ethyl adjacent to an activating group) is 1. The van der Waals surface area contributed by atoms with Crippen LogP contribution < -0.4 is 11.1 Å². The second kappa shape index (κ2) is 5.62. The molecular weight excluding hydrogens is 176 g/mol. The molecule has 0 saturated heterocycles. The van der Waals surface area contributed by atoms with Crippen LogP contribution >= 0.6 is 0 Å². The van der Waals surface area contributed by atoms with E-state index in [0.29, 0.717) is 19.3 Å². The third kappa shape index (κ3) is 3.77. The van der Waals surface area contributed by atoms with Crippen molar-refractivity contribution >= 4 is 5.69 Å². The molecule has 0 saturated carbocycles. The van der Waals surface area contributed by atoms with E-state index in [4.69, 9.17) is 10.5 Å². The Morgan fingerprint density at radius 1 is 1.50 bits per heavy atom. The van der Waals surface area contributed by atoms with Gasteiger partial charge in [0.1, 0.15) is 0 Å². The Balaban J connectivity index is 2.31. The summed E-state index contributed by atoms with van der Waals surface area (Å²) in [5.41, 5.74) is 7.55. The smallest absolute Gasteiger partial charge is 0.0718 e. The van der Waals surface area contributed by atoms with Crippen molar-refractivity contribution in [2.24, 2.45) is 0 Å². The maximum absolute atomic E-state index is 5.65. The van der Waals surface area contributed by atoms with E-state index >= 15 is 0 Å². The van der Waals surface area contributed by atoms with Crippen molar-refractivity contribution in [1.82, 2.24) is 5.32 Å². The predicted molar refractivity (Wildman–Crippen MR) is 59.0 cm³/mol. The van der Waals surface area contributed by atoms with Gasteiger partial charge in [-0.3, -0.25) is 0 Å². The van der Waals surface area contributed by atoms with Crippen LogP contribution in [0.1, 0.15) is 12.5 Å². The molecule has 78 valence electrons. The van der Waals surface area contributed by atoms with Gasteiger partial charge < -0.3 is 15.8 Å². The molecule has 3 heteroatoms. The topological polar surface area (TPSA) is 47.3 Å². The van der Waals surface area contributed by atoms with E-state index in [-0.39, 0.29) is 0 Å². The summed E-state index contributed by atoms with van der Waals surface area (Å²) in [5, 5.41) is 3.11. The predicted octanol–water partition coefficient (Wildman–Crippen LogP) is 1.39. The van der Waals surface area contributed by atoms with Crippen molar-refractivity contribution in [3.05, 3.63) is 29.8 Å². The van der Waals surface area contributed by atoms with Gasteiger partial charge in [-0.2, -0.15) is 0 Å². The van der Waals surface area contributed by atoms with Crippen LogP contribution in [0, 0.1) is 0 Å². The first-order chi connectivity index (χ1) is 6.72. The molecule has 0 bridgehead atoms. The molecule has 0 aliphatic carbocycles. The van der Waals surface area contributed by atoms with Crippen LogP contribution in [0.4, 0.5) is 5.69 Å². The molecule has 0 radical (unpaired) electrons. The van der Waals surface area contributed by atoms with Crippen molar-refractivity contribution in [3.63, 3.8) is 0 Å². The van der Waals surface area contributed by atoms with E-state index in [1.54, 1.807) is 0 Å². The molecular formula is C11H18N2O. The monoisotopic (exact) mass is 194 g/mol. The molecule has 0 aromatic heterocycles. The third-order valence-electron chi connectivity index (χ3n) is 2.08. The Bertz CT molecular complexity index is 276. The number of anilines is 1. The Morgan fingerprint density at radius 2 is 2.29 bits per heavy atom. The number of hydrogen-bond donors (Lipinski definition) is 2. The van der Waals surface area contributed by atoms with Gasteiger partial charge in [-0.15, -0.1) is 0 Å². The van der Waals surface area contributed by atoms with Gasteiger partial charge in [-0.05, 0) is 31.7 Å². The Morgan fingerprint density at radius 3 is 2.93 bits per heavy atom. The van der Waals surface area contributed by atoms with Crippen molar-refractivity contribution < 1.29 is 4.74 Å². The summed E-state index contributed by atoms with van der Waals surface area (Å²) in [6.07, 6.45) is 0. The molecule has 0 aliphatic heterocycles. The van der Waals surface area contributed by atoms with Gasteiger partial charge in [0.15, 0.2) is 0 Å². The van der Waals surface area contributed by atoms with Gasteiger partial charge in [0.2, 0.25) is 0 Å². The summed E-state index contributed by atoms with van der Waals surface area (Å²) >= 11 is 0. The Labute approximate surface area is 85.3 Å². The normalized spacial score (nSPS) is 12.7. The fourth-order valence-corrected chi connectivity index (χ4v) is 1.12. The minimum Gasteiger partial charge on any atom is -0.399 e. The number of hydrogen-bond acceptors (Lipinski definition) is 3. The van der Waals surface area contributed by atoms with Crippen LogP contribution in [-0.4, -0.2) is 19.7 Å². The van der Waals surface area contributed by atoms with Crippen LogP contribution in [0.25, 0.3) is 0 Å². The lowest BCUT2D eigenvalue weighted by atomic mass is 10.2. The van der Waals surface area contributed by atoms with E-state index < -0.39 is 0 Å². The van der Waals surface area contributed by atoms with E-state index in [1.165, 1.54) is 0 Å². The van der Waals surface area contributed by atoms with Gasteiger partial charge in [-0.1, -0.05) is 12.1 Å². The molecule has 1 atom stereocenters. The quantitative estimate of drug-likeness (QED) is 0.696. The molecule has 0 amide bonds. The number of nitrogens with one attached hydrogen (secondary N) is 1. The fourth-order valence-electron chi connectivity index (χ4n) is 1.12. The Kier molecular flexibility index (Phi) is 4.43. The number of nitrogen functional groups attached to an aromatic ring is 1. The van der Waals surface area contributed by atoms with Crippen molar-refractivity contribution in [1.29, 1.82) is 0 Å². The first kappa shape index (κ1) is 11.0. The van der Waals surface area contributed by atoms with Gasteiger partial charge in [0, 0.05) is 11.7 Å². The standard InChI is InChI=1S/C11H18N2O/c1-9(13-2)7-14-8-10-4-3-5-11(12)6-10/h3-6,9,13H,7-8,12H2,1-2H3/t9-/m0/s1. The molecule has 0 fully saturated rings. The number of ether oxygens (including phenoxy) is 1. The van der Waals surface area contributed by atoms with E-state index in [9.17, 15) is 0 Å². The summed E-state index contributed by atoms with van der Waals surface area (Å²) in [5.74, 6) is 0. The lowest BCUT2D eigenvalue weighted by Gasteiger charge is -2.10. The highest BCUT2D eigenvalue weighted by Gasteiger charge is 1.98. The van der Waals surface area contributed by atoms with E-state index in [0.717, 1.165) is 11.3 Å². The first-order valence-electron chi connectivity index (χ1n) is 4.82. The zero-order valence-corrected chi connectivity index (χ0v) is 8.79. The van der Waals surface area contributed by atoms with Gasteiger partial charge in [0.25, 0.3) is 0 Å². The summed E-state index contributed by atoms with van der Waals surface area (Å²) < 4.78 is 5.51. The number of benzene rings is 1. The number of rotatable bonds is 5. The third-order valence-corrected chi connectivity index (χ3v) is 2.08. The highest BCUT2D eigenvalue weighted by atomic mass is 16.5. The summed E-state index contributed by atoms with van der Waals surface area (Å²) in [7, 11) is 1.93. The highest BCUT2D eigenvalue weighted by molar-refractivity contribution is 5.40. The zero-order valence-electron chi connectivity index (χ0n) is 8.79. The molecule has 1 rings (SSSR count). The molecule has 0 aliphatic rings. The molecule has 0 spiro atoms. The van der Waals surface area contributed by atoms with E-state index in [1.807, 2.05) is 31.3 Å². The van der Waals surface area contributed by atoms with Gasteiger partial charge >= 0.3 is 0 Å². The second-order valence-electron chi connectivity index (χ2n) is 3.45. The minimum absolute atomic E-state index is 0.385. The largest absolute Gasteiger partial charge is 0.399 e. The maximum atomic E-state index is 5.65. The SMILES string of the molecule is CN[C@@H](C)COCc1cccc(N)c1.